The van der Waals surface area contributed by atoms with Crippen LogP contribution in [0, 0.1) is 5.92 Å². The van der Waals surface area contributed by atoms with Crippen LogP contribution in [0.1, 0.15) is 12.8 Å². The number of aromatic nitrogens is 2. The van der Waals surface area contributed by atoms with Gasteiger partial charge in [-0.2, -0.15) is 4.98 Å². The fourth-order valence-electron chi connectivity index (χ4n) is 1.15. The van der Waals surface area contributed by atoms with E-state index in [1.165, 1.54) is 12.8 Å². The molecule has 1 aromatic rings. The third-order valence-electron chi connectivity index (χ3n) is 2.15. The quantitative estimate of drug-likeness (QED) is 0.730. The average Bonchev–Trinajstić information content (AvgIpc) is 2.99. The molecule has 1 fully saturated rings. The molecule has 0 spiro atoms. The molecule has 0 aliphatic heterocycles. The Bertz CT molecular complexity index is 283. The summed E-state index contributed by atoms with van der Waals surface area (Å²) in [6, 6.07) is 1.89. The monoisotopic (exact) mass is 178 g/mol. The van der Waals surface area contributed by atoms with E-state index < -0.39 is 0 Å². The average molecular weight is 178 g/mol. The van der Waals surface area contributed by atoms with Gasteiger partial charge in [-0.25, -0.2) is 4.98 Å². The van der Waals surface area contributed by atoms with Crippen molar-refractivity contribution in [2.75, 3.05) is 24.2 Å². The molecule has 0 saturated heterocycles. The maximum absolute atomic E-state index is 4.26. The highest BCUT2D eigenvalue weighted by Crippen LogP contribution is 2.28. The highest BCUT2D eigenvalue weighted by molar-refractivity contribution is 5.39. The van der Waals surface area contributed by atoms with E-state index in [-0.39, 0.29) is 0 Å². The van der Waals surface area contributed by atoms with Crippen molar-refractivity contribution < 1.29 is 0 Å². The number of hydrogen-bond donors (Lipinski definition) is 2. The molecule has 0 aromatic carbocycles. The Morgan fingerprint density at radius 3 is 3.08 bits per heavy atom. The Labute approximate surface area is 77.8 Å². The molecule has 1 aromatic heterocycles. The molecule has 13 heavy (non-hydrogen) atoms. The minimum Gasteiger partial charge on any atom is -0.370 e. The zero-order chi connectivity index (χ0) is 9.10. The summed E-state index contributed by atoms with van der Waals surface area (Å²) in [5.74, 6) is 2.44. The van der Waals surface area contributed by atoms with Gasteiger partial charge < -0.3 is 10.6 Å². The zero-order valence-electron chi connectivity index (χ0n) is 7.75. The van der Waals surface area contributed by atoms with E-state index in [1.54, 1.807) is 6.20 Å². The lowest BCUT2D eigenvalue weighted by Crippen LogP contribution is -2.06. The third-order valence-corrected chi connectivity index (χ3v) is 2.15. The third kappa shape index (κ3) is 2.31. The molecule has 0 radical (unpaired) electrons. The SMILES string of the molecule is CNc1nccc(NCC2CC2)n1. The van der Waals surface area contributed by atoms with Crippen LogP contribution in [0.5, 0.6) is 0 Å². The second-order valence-corrected chi connectivity index (χ2v) is 3.34. The molecule has 0 amide bonds. The highest BCUT2D eigenvalue weighted by atomic mass is 15.1. The van der Waals surface area contributed by atoms with Crippen molar-refractivity contribution in [3.05, 3.63) is 12.3 Å². The summed E-state index contributed by atoms with van der Waals surface area (Å²) in [4.78, 5) is 8.30. The molecule has 4 heteroatoms. The first-order valence-corrected chi connectivity index (χ1v) is 4.63. The smallest absolute Gasteiger partial charge is 0.224 e. The van der Waals surface area contributed by atoms with Crippen molar-refractivity contribution in [2.24, 2.45) is 5.92 Å². The fourth-order valence-corrected chi connectivity index (χ4v) is 1.15. The van der Waals surface area contributed by atoms with Gasteiger partial charge in [-0.3, -0.25) is 0 Å². The van der Waals surface area contributed by atoms with Crippen LogP contribution in [-0.2, 0) is 0 Å². The van der Waals surface area contributed by atoms with Crippen LogP contribution >= 0.6 is 0 Å². The molecule has 2 rings (SSSR count). The van der Waals surface area contributed by atoms with Crippen molar-refractivity contribution in [3.8, 4) is 0 Å². The van der Waals surface area contributed by atoms with Gasteiger partial charge in [0.15, 0.2) is 0 Å². The Hall–Kier alpha value is -1.32. The molecule has 1 aliphatic carbocycles. The summed E-state index contributed by atoms with van der Waals surface area (Å²) in [6.45, 7) is 1.04. The van der Waals surface area contributed by atoms with Gasteiger partial charge in [0.05, 0.1) is 0 Å². The fraction of sp³-hybridized carbons (Fsp3) is 0.556. The second-order valence-electron chi connectivity index (χ2n) is 3.34. The van der Waals surface area contributed by atoms with Crippen LogP contribution in [-0.4, -0.2) is 23.6 Å². The Balaban J connectivity index is 1.93. The Morgan fingerprint density at radius 1 is 1.54 bits per heavy atom. The van der Waals surface area contributed by atoms with Crippen LogP contribution in [0.4, 0.5) is 11.8 Å². The van der Waals surface area contributed by atoms with Gasteiger partial charge in [-0.15, -0.1) is 0 Å². The van der Waals surface area contributed by atoms with Gasteiger partial charge >= 0.3 is 0 Å². The van der Waals surface area contributed by atoms with Crippen LogP contribution in [0.2, 0.25) is 0 Å². The van der Waals surface area contributed by atoms with Crippen LogP contribution in [0.3, 0.4) is 0 Å². The van der Waals surface area contributed by atoms with Crippen molar-refractivity contribution in [1.29, 1.82) is 0 Å². The van der Waals surface area contributed by atoms with E-state index in [9.17, 15) is 0 Å². The number of hydrogen-bond acceptors (Lipinski definition) is 4. The van der Waals surface area contributed by atoms with Crippen LogP contribution in [0.15, 0.2) is 12.3 Å². The molecule has 2 N–H and O–H groups in total. The molecule has 70 valence electrons. The summed E-state index contributed by atoms with van der Waals surface area (Å²) in [7, 11) is 1.82. The van der Waals surface area contributed by atoms with E-state index in [0.29, 0.717) is 5.95 Å². The van der Waals surface area contributed by atoms with E-state index in [2.05, 4.69) is 20.6 Å². The van der Waals surface area contributed by atoms with Crippen LogP contribution < -0.4 is 10.6 Å². The highest BCUT2D eigenvalue weighted by Gasteiger charge is 2.20. The van der Waals surface area contributed by atoms with Crippen molar-refractivity contribution in [3.63, 3.8) is 0 Å². The summed E-state index contributed by atoms with van der Waals surface area (Å²) in [5.41, 5.74) is 0. The minimum absolute atomic E-state index is 0.667. The first-order chi connectivity index (χ1) is 6.38. The lowest BCUT2D eigenvalue weighted by atomic mass is 10.4. The summed E-state index contributed by atoms with van der Waals surface area (Å²) in [5, 5.41) is 6.20. The number of rotatable bonds is 4. The topological polar surface area (TPSA) is 49.8 Å². The van der Waals surface area contributed by atoms with Gasteiger partial charge in [0.2, 0.25) is 5.95 Å². The van der Waals surface area contributed by atoms with Crippen LogP contribution in [0.25, 0.3) is 0 Å². The van der Waals surface area contributed by atoms with E-state index >= 15 is 0 Å². The van der Waals surface area contributed by atoms with Crippen molar-refractivity contribution in [1.82, 2.24) is 9.97 Å². The summed E-state index contributed by atoms with van der Waals surface area (Å²) >= 11 is 0. The molecule has 0 unspecified atom stereocenters. The lowest BCUT2D eigenvalue weighted by molar-refractivity contribution is 0.881. The Morgan fingerprint density at radius 2 is 2.38 bits per heavy atom. The zero-order valence-corrected chi connectivity index (χ0v) is 7.75. The first-order valence-electron chi connectivity index (χ1n) is 4.63. The maximum atomic E-state index is 4.26. The molecule has 0 bridgehead atoms. The molecule has 4 nitrogen and oxygen atoms in total. The molecule has 1 saturated carbocycles. The molecule has 0 atom stereocenters. The minimum atomic E-state index is 0.667. The van der Waals surface area contributed by atoms with Gasteiger partial charge in [0.25, 0.3) is 0 Å². The Kier molecular flexibility index (Phi) is 2.29. The summed E-state index contributed by atoms with van der Waals surface area (Å²) < 4.78 is 0. The predicted octanol–water partition coefficient (Wildman–Crippen LogP) is 1.34. The van der Waals surface area contributed by atoms with E-state index in [4.69, 9.17) is 0 Å². The molecular weight excluding hydrogens is 164 g/mol. The lowest BCUT2D eigenvalue weighted by Gasteiger charge is -2.04. The standard InChI is InChI=1S/C9H14N4/c1-10-9-11-5-4-8(13-9)12-6-7-2-3-7/h4-5,7H,2-3,6H2,1H3,(H2,10,11,12,13). The largest absolute Gasteiger partial charge is 0.370 e. The van der Waals surface area contributed by atoms with E-state index in [1.807, 2.05) is 13.1 Å². The van der Waals surface area contributed by atoms with Crippen molar-refractivity contribution in [2.45, 2.75) is 12.8 Å². The number of nitrogens with one attached hydrogen (secondary N) is 2. The first kappa shape index (κ1) is 8.29. The number of nitrogens with zero attached hydrogens (tertiary/aromatic N) is 2. The van der Waals surface area contributed by atoms with E-state index in [0.717, 1.165) is 18.3 Å². The van der Waals surface area contributed by atoms with Gasteiger partial charge in [0, 0.05) is 19.8 Å². The van der Waals surface area contributed by atoms with Crippen molar-refractivity contribution >= 4 is 11.8 Å². The van der Waals surface area contributed by atoms with Gasteiger partial charge in [-0.05, 0) is 24.8 Å². The molecule has 1 aliphatic rings. The molecular formula is C9H14N4. The number of anilines is 2. The molecule has 1 heterocycles. The van der Waals surface area contributed by atoms with Gasteiger partial charge in [0.1, 0.15) is 5.82 Å². The summed E-state index contributed by atoms with van der Waals surface area (Å²) in [6.07, 6.45) is 4.47. The maximum Gasteiger partial charge on any atom is 0.224 e. The second kappa shape index (κ2) is 3.60. The normalized spacial score (nSPS) is 15.5. The van der Waals surface area contributed by atoms with Gasteiger partial charge in [-0.1, -0.05) is 0 Å². The predicted molar refractivity (Wildman–Crippen MR) is 52.8 cm³/mol.